The summed E-state index contributed by atoms with van der Waals surface area (Å²) in [6.07, 6.45) is 0. The molecule has 1 aromatic carbocycles. The minimum absolute atomic E-state index is 0.394. The van der Waals surface area contributed by atoms with Gasteiger partial charge in [-0.1, -0.05) is 19.1 Å². The molecule has 76 valence electrons. The molecule has 4 N–H and O–H groups in total. The van der Waals surface area contributed by atoms with Crippen LogP contribution < -0.4 is 16.6 Å². The summed E-state index contributed by atoms with van der Waals surface area (Å²) in [5, 5.41) is 0. The van der Waals surface area contributed by atoms with Gasteiger partial charge in [0.15, 0.2) is 0 Å². The summed E-state index contributed by atoms with van der Waals surface area (Å²) in [6.45, 7) is 4.44. The minimum Gasteiger partial charge on any atom is -0.399 e. The van der Waals surface area contributed by atoms with Crippen molar-refractivity contribution in [2.24, 2.45) is 5.92 Å². The van der Waals surface area contributed by atoms with Crippen LogP contribution in [0.2, 0.25) is 0 Å². The normalized spacial score (nSPS) is 32.0. The molecule has 1 aromatic rings. The van der Waals surface area contributed by atoms with Crippen molar-refractivity contribution in [3.63, 3.8) is 0 Å². The Kier molecular flexibility index (Phi) is 2.44. The lowest BCUT2D eigenvalue weighted by molar-refractivity contribution is 0.476. The number of anilines is 1. The smallest absolute Gasteiger partial charge is 0.0503 e. The molecular formula is C11H17N3. The molecule has 3 nitrogen and oxygen atoms in total. The first-order valence-corrected chi connectivity index (χ1v) is 5.05. The molecule has 1 fully saturated rings. The van der Waals surface area contributed by atoms with Crippen molar-refractivity contribution in [2.45, 2.75) is 25.9 Å². The zero-order valence-corrected chi connectivity index (χ0v) is 8.62. The quantitative estimate of drug-likeness (QED) is 0.589. The first kappa shape index (κ1) is 9.49. The molecule has 0 spiro atoms. The SMILES string of the molecule is CC1NNC(c2ccc(N)cc2)C1C. The van der Waals surface area contributed by atoms with E-state index < -0.39 is 0 Å². The molecule has 0 radical (unpaired) electrons. The Morgan fingerprint density at radius 2 is 1.71 bits per heavy atom. The van der Waals surface area contributed by atoms with Crippen molar-refractivity contribution in [3.05, 3.63) is 29.8 Å². The van der Waals surface area contributed by atoms with Crippen LogP contribution in [0.4, 0.5) is 5.69 Å². The number of hydrogen-bond donors (Lipinski definition) is 3. The lowest BCUT2D eigenvalue weighted by Gasteiger charge is -2.16. The zero-order chi connectivity index (χ0) is 10.1. The van der Waals surface area contributed by atoms with E-state index >= 15 is 0 Å². The number of nitrogens with one attached hydrogen (secondary N) is 2. The highest BCUT2D eigenvalue weighted by molar-refractivity contribution is 5.40. The number of hydrazine groups is 1. The molecule has 0 bridgehead atoms. The van der Waals surface area contributed by atoms with Gasteiger partial charge in [-0.2, -0.15) is 0 Å². The largest absolute Gasteiger partial charge is 0.399 e. The molecular weight excluding hydrogens is 174 g/mol. The Morgan fingerprint density at radius 1 is 1.07 bits per heavy atom. The molecule has 3 unspecified atom stereocenters. The van der Waals surface area contributed by atoms with Crippen LogP contribution in [0.5, 0.6) is 0 Å². The van der Waals surface area contributed by atoms with Gasteiger partial charge in [0.25, 0.3) is 0 Å². The van der Waals surface area contributed by atoms with E-state index in [1.54, 1.807) is 0 Å². The zero-order valence-electron chi connectivity index (χ0n) is 8.62. The molecule has 1 aliphatic heterocycles. The van der Waals surface area contributed by atoms with E-state index in [2.05, 4.69) is 36.8 Å². The van der Waals surface area contributed by atoms with E-state index in [1.807, 2.05) is 12.1 Å². The van der Waals surface area contributed by atoms with E-state index in [1.165, 1.54) is 5.56 Å². The monoisotopic (exact) mass is 191 g/mol. The summed E-state index contributed by atoms with van der Waals surface area (Å²) in [6, 6.07) is 8.98. The Morgan fingerprint density at radius 3 is 2.21 bits per heavy atom. The maximum absolute atomic E-state index is 5.65. The Bertz CT molecular complexity index is 307. The average Bonchev–Trinajstić information content (AvgIpc) is 2.50. The van der Waals surface area contributed by atoms with Crippen LogP contribution in [-0.4, -0.2) is 6.04 Å². The summed E-state index contributed by atoms with van der Waals surface area (Å²) >= 11 is 0. The Hall–Kier alpha value is -1.06. The van der Waals surface area contributed by atoms with E-state index in [0.29, 0.717) is 18.0 Å². The molecule has 0 amide bonds. The second-order valence-corrected chi connectivity index (χ2v) is 4.08. The summed E-state index contributed by atoms with van der Waals surface area (Å²) < 4.78 is 0. The summed E-state index contributed by atoms with van der Waals surface area (Å²) in [4.78, 5) is 0. The third-order valence-electron chi connectivity index (χ3n) is 3.08. The number of hydrogen-bond acceptors (Lipinski definition) is 3. The van der Waals surface area contributed by atoms with Gasteiger partial charge >= 0.3 is 0 Å². The maximum atomic E-state index is 5.65. The van der Waals surface area contributed by atoms with Crippen molar-refractivity contribution in [1.29, 1.82) is 0 Å². The molecule has 14 heavy (non-hydrogen) atoms. The third kappa shape index (κ3) is 1.61. The highest BCUT2D eigenvalue weighted by Gasteiger charge is 2.29. The average molecular weight is 191 g/mol. The van der Waals surface area contributed by atoms with Crippen LogP contribution in [0.3, 0.4) is 0 Å². The summed E-state index contributed by atoms with van der Waals surface area (Å²) in [5.74, 6) is 0.596. The Balaban J connectivity index is 2.19. The van der Waals surface area contributed by atoms with Gasteiger partial charge in [0, 0.05) is 11.7 Å². The van der Waals surface area contributed by atoms with E-state index in [0.717, 1.165) is 5.69 Å². The Labute approximate surface area is 84.7 Å². The molecule has 1 heterocycles. The van der Waals surface area contributed by atoms with E-state index in [-0.39, 0.29) is 0 Å². The fourth-order valence-electron chi connectivity index (χ4n) is 1.86. The standard InChI is InChI=1S/C11H17N3/c1-7-8(2)13-14-11(7)9-3-5-10(12)6-4-9/h3-8,11,13-14H,12H2,1-2H3. The number of benzene rings is 1. The van der Waals surface area contributed by atoms with Gasteiger partial charge in [-0.15, -0.1) is 0 Å². The van der Waals surface area contributed by atoms with Crippen molar-refractivity contribution >= 4 is 5.69 Å². The van der Waals surface area contributed by atoms with Crippen LogP contribution in [0, 0.1) is 5.92 Å². The number of nitrogens with two attached hydrogens (primary N) is 1. The third-order valence-corrected chi connectivity index (χ3v) is 3.08. The summed E-state index contributed by atoms with van der Waals surface area (Å²) in [7, 11) is 0. The van der Waals surface area contributed by atoms with Crippen molar-refractivity contribution in [2.75, 3.05) is 5.73 Å². The van der Waals surface area contributed by atoms with E-state index in [9.17, 15) is 0 Å². The number of nitrogen functional groups attached to an aromatic ring is 1. The van der Waals surface area contributed by atoms with Crippen molar-refractivity contribution in [1.82, 2.24) is 10.9 Å². The van der Waals surface area contributed by atoms with Crippen LogP contribution in [0.1, 0.15) is 25.5 Å². The fourth-order valence-corrected chi connectivity index (χ4v) is 1.86. The molecule has 1 aliphatic rings. The van der Waals surface area contributed by atoms with Gasteiger partial charge in [0.05, 0.1) is 6.04 Å². The van der Waals surface area contributed by atoms with Gasteiger partial charge in [-0.25, -0.2) is 5.43 Å². The van der Waals surface area contributed by atoms with Gasteiger partial charge in [0.2, 0.25) is 0 Å². The maximum Gasteiger partial charge on any atom is 0.0503 e. The van der Waals surface area contributed by atoms with Crippen molar-refractivity contribution < 1.29 is 0 Å². The van der Waals surface area contributed by atoms with Gasteiger partial charge < -0.3 is 5.73 Å². The first-order valence-electron chi connectivity index (χ1n) is 5.05. The summed E-state index contributed by atoms with van der Waals surface area (Å²) in [5.41, 5.74) is 14.3. The highest BCUT2D eigenvalue weighted by atomic mass is 15.4. The first-order chi connectivity index (χ1) is 6.68. The van der Waals surface area contributed by atoms with Crippen LogP contribution in [-0.2, 0) is 0 Å². The van der Waals surface area contributed by atoms with Crippen LogP contribution in [0.15, 0.2) is 24.3 Å². The van der Waals surface area contributed by atoms with Gasteiger partial charge in [0.1, 0.15) is 0 Å². The van der Waals surface area contributed by atoms with E-state index in [4.69, 9.17) is 5.73 Å². The molecule has 3 heteroatoms. The molecule has 0 aliphatic carbocycles. The predicted molar refractivity (Wildman–Crippen MR) is 58.5 cm³/mol. The molecule has 0 aromatic heterocycles. The molecule has 1 saturated heterocycles. The fraction of sp³-hybridized carbons (Fsp3) is 0.455. The van der Waals surface area contributed by atoms with Gasteiger partial charge in [-0.3, -0.25) is 5.43 Å². The number of rotatable bonds is 1. The second-order valence-electron chi connectivity index (χ2n) is 4.08. The minimum atomic E-state index is 0.394. The van der Waals surface area contributed by atoms with Gasteiger partial charge in [-0.05, 0) is 30.5 Å². The van der Waals surface area contributed by atoms with Crippen LogP contribution in [0.25, 0.3) is 0 Å². The predicted octanol–water partition coefficient (Wildman–Crippen LogP) is 1.44. The van der Waals surface area contributed by atoms with Crippen LogP contribution >= 0.6 is 0 Å². The highest BCUT2D eigenvalue weighted by Crippen LogP contribution is 2.28. The lowest BCUT2D eigenvalue weighted by atomic mass is 9.92. The topological polar surface area (TPSA) is 50.1 Å². The molecule has 2 rings (SSSR count). The van der Waals surface area contributed by atoms with Crippen molar-refractivity contribution in [3.8, 4) is 0 Å². The molecule has 0 saturated carbocycles. The lowest BCUT2D eigenvalue weighted by Crippen LogP contribution is -2.29. The molecule has 3 atom stereocenters. The second kappa shape index (κ2) is 3.59.